The molecule has 0 spiro atoms. The summed E-state index contributed by atoms with van der Waals surface area (Å²) in [7, 11) is 0. The zero-order valence-electron chi connectivity index (χ0n) is 11.4. The highest BCUT2D eigenvalue weighted by atomic mass is 32.2. The molecule has 0 saturated heterocycles. The first-order valence-electron chi connectivity index (χ1n) is 6.65. The van der Waals surface area contributed by atoms with Gasteiger partial charge in [-0.25, -0.2) is 0 Å². The SMILES string of the molecule is Cc1cccc(CCNC2=NCC(C(C)C)S2)c1. The molecule has 0 fully saturated rings. The number of nitrogens with zero attached hydrogens (tertiary/aromatic N) is 1. The summed E-state index contributed by atoms with van der Waals surface area (Å²) in [4.78, 5) is 4.56. The molecule has 98 valence electrons. The van der Waals surface area contributed by atoms with Gasteiger partial charge >= 0.3 is 0 Å². The first-order chi connectivity index (χ1) is 8.65. The van der Waals surface area contributed by atoms with Crippen LogP contribution in [0, 0.1) is 12.8 Å². The molecule has 0 aromatic heterocycles. The molecule has 1 aliphatic rings. The smallest absolute Gasteiger partial charge is 0.156 e. The van der Waals surface area contributed by atoms with E-state index < -0.39 is 0 Å². The number of thioether (sulfide) groups is 1. The molecule has 1 aliphatic heterocycles. The van der Waals surface area contributed by atoms with Crippen molar-refractivity contribution in [3.8, 4) is 0 Å². The van der Waals surface area contributed by atoms with E-state index in [0.717, 1.165) is 24.7 Å². The van der Waals surface area contributed by atoms with Crippen molar-refractivity contribution in [3.63, 3.8) is 0 Å². The van der Waals surface area contributed by atoms with E-state index in [1.165, 1.54) is 11.1 Å². The highest BCUT2D eigenvalue weighted by Crippen LogP contribution is 2.25. The summed E-state index contributed by atoms with van der Waals surface area (Å²) in [5, 5.41) is 5.23. The van der Waals surface area contributed by atoms with Crippen molar-refractivity contribution in [3.05, 3.63) is 35.4 Å². The van der Waals surface area contributed by atoms with Crippen LogP contribution < -0.4 is 5.32 Å². The van der Waals surface area contributed by atoms with Crippen molar-refractivity contribution in [2.24, 2.45) is 10.9 Å². The van der Waals surface area contributed by atoms with E-state index in [0.29, 0.717) is 11.2 Å². The number of nitrogens with one attached hydrogen (secondary N) is 1. The Morgan fingerprint density at radius 1 is 1.44 bits per heavy atom. The van der Waals surface area contributed by atoms with Crippen LogP contribution >= 0.6 is 11.8 Å². The molecule has 0 aliphatic carbocycles. The maximum atomic E-state index is 4.56. The van der Waals surface area contributed by atoms with Crippen LogP contribution in [-0.2, 0) is 6.42 Å². The molecule has 1 atom stereocenters. The molecule has 18 heavy (non-hydrogen) atoms. The average molecular weight is 262 g/mol. The molecule has 1 aromatic rings. The fourth-order valence-electron chi connectivity index (χ4n) is 2.02. The fourth-order valence-corrected chi connectivity index (χ4v) is 3.06. The third kappa shape index (κ3) is 3.77. The van der Waals surface area contributed by atoms with E-state index in [1.54, 1.807) is 0 Å². The van der Waals surface area contributed by atoms with Crippen molar-refractivity contribution in [1.82, 2.24) is 5.32 Å². The van der Waals surface area contributed by atoms with Gasteiger partial charge in [0.05, 0.1) is 6.54 Å². The van der Waals surface area contributed by atoms with E-state index in [-0.39, 0.29) is 0 Å². The molecule has 3 heteroatoms. The third-order valence-electron chi connectivity index (χ3n) is 3.19. The van der Waals surface area contributed by atoms with E-state index in [9.17, 15) is 0 Å². The minimum atomic E-state index is 0.659. The zero-order chi connectivity index (χ0) is 13.0. The second-order valence-electron chi connectivity index (χ2n) is 5.21. The molecule has 0 amide bonds. The van der Waals surface area contributed by atoms with Crippen LogP contribution in [0.25, 0.3) is 0 Å². The highest BCUT2D eigenvalue weighted by Gasteiger charge is 2.21. The van der Waals surface area contributed by atoms with Gasteiger partial charge in [-0.15, -0.1) is 0 Å². The Kier molecular flexibility index (Phi) is 4.70. The van der Waals surface area contributed by atoms with E-state index in [1.807, 2.05) is 11.8 Å². The Hall–Kier alpha value is -0.960. The monoisotopic (exact) mass is 262 g/mol. The normalized spacial score (nSPS) is 19.1. The van der Waals surface area contributed by atoms with Gasteiger partial charge in [0.1, 0.15) is 0 Å². The Morgan fingerprint density at radius 3 is 2.94 bits per heavy atom. The van der Waals surface area contributed by atoms with Crippen LogP contribution in [-0.4, -0.2) is 23.5 Å². The lowest BCUT2D eigenvalue weighted by atomic mass is 10.1. The molecule has 2 rings (SSSR count). The predicted molar refractivity (Wildman–Crippen MR) is 81.4 cm³/mol. The lowest BCUT2D eigenvalue weighted by molar-refractivity contribution is 0.621. The van der Waals surface area contributed by atoms with Crippen molar-refractivity contribution in [2.75, 3.05) is 13.1 Å². The van der Waals surface area contributed by atoms with Crippen molar-refractivity contribution in [1.29, 1.82) is 0 Å². The van der Waals surface area contributed by atoms with Crippen molar-refractivity contribution in [2.45, 2.75) is 32.4 Å². The maximum absolute atomic E-state index is 4.56. The zero-order valence-corrected chi connectivity index (χ0v) is 12.3. The van der Waals surface area contributed by atoms with Crippen LogP contribution in [0.1, 0.15) is 25.0 Å². The van der Waals surface area contributed by atoms with Gasteiger partial charge in [-0.1, -0.05) is 55.4 Å². The predicted octanol–water partition coefficient (Wildman–Crippen LogP) is 3.25. The molecule has 0 bridgehead atoms. The van der Waals surface area contributed by atoms with Crippen LogP contribution in [0.4, 0.5) is 0 Å². The molecule has 0 saturated carbocycles. The summed E-state index contributed by atoms with van der Waals surface area (Å²) in [5.41, 5.74) is 2.73. The van der Waals surface area contributed by atoms with Gasteiger partial charge in [-0.2, -0.15) is 0 Å². The number of aryl methyl sites for hydroxylation is 1. The number of benzene rings is 1. The number of hydrogen-bond donors (Lipinski definition) is 1. The molecule has 0 radical (unpaired) electrons. The van der Waals surface area contributed by atoms with Gasteiger partial charge in [-0.05, 0) is 24.8 Å². The van der Waals surface area contributed by atoms with E-state index in [4.69, 9.17) is 0 Å². The van der Waals surface area contributed by atoms with Crippen molar-refractivity contribution < 1.29 is 0 Å². The Morgan fingerprint density at radius 2 is 2.28 bits per heavy atom. The van der Waals surface area contributed by atoms with E-state index in [2.05, 4.69) is 55.3 Å². The molecule has 1 aromatic carbocycles. The van der Waals surface area contributed by atoms with Crippen LogP contribution in [0.3, 0.4) is 0 Å². The Labute approximate surface area is 114 Å². The molecule has 1 N–H and O–H groups in total. The minimum absolute atomic E-state index is 0.659. The fraction of sp³-hybridized carbons (Fsp3) is 0.533. The molecule has 1 unspecified atom stereocenters. The van der Waals surface area contributed by atoms with Crippen LogP contribution in [0.5, 0.6) is 0 Å². The van der Waals surface area contributed by atoms with Gasteiger partial charge in [0.25, 0.3) is 0 Å². The lowest BCUT2D eigenvalue weighted by Crippen LogP contribution is -2.23. The summed E-state index contributed by atoms with van der Waals surface area (Å²) < 4.78 is 0. The summed E-state index contributed by atoms with van der Waals surface area (Å²) in [6.45, 7) is 8.61. The first kappa shape index (κ1) is 13.5. The first-order valence-corrected chi connectivity index (χ1v) is 7.53. The van der Waals surface area contributed by atoms with Crippen molar-refractivity contribution >= 4 is 16.9 Å². The number of amidine groups is 1. The maximum Gasteiger partial charge on any atom is 0.156 e. The average Bonchev–Trinajstić information content (AvgIpc) is 2.78. The summed E-state index contributed by atoms with van der Waals surface area (Å²) >= 11 is 1.90. The quantitative estimate of drug-likeness (QED) is 0.900. The van der Waals surface area contributed by atoms with Gasteiger partial charge < -0.3 is 5.32 Å². The molecule has 2 nitrogen and oxygen atoms in total. The van der Waals surface area contributed by atoms with Gasteiger partial charge in [0, 0.05) is 11.8 Å². The van der Waals surface area contributed by atoms with Gasteiger partial charge in [0.2, 0.25) is 0 Å². The number of aliphatic imine (C=N–C) groups is 1. The highest BCUT2D eigenvalue weighted by molar-refractivity contribution is 8.14. The molecular weight excluding hydrogens is 240 g/mol. The summed E-state index contributed by atoms with van der Waals surface area (Å²) in [5.74, 6) is 0.704. The molecule has 1 heterocycles. The summed E-state index contributed by atoms with van der Waals surface area (Å²) in [6, 6.07) is 8.71. The number of hydrogen-bond acceptors (Lipinski definition) is 3. The van der Waals surface area contributed by atoms with Crippen LogP contribution in [0.2, 0.25) is 0 Å². The second kappa shape index (κ2) is 6.28. The standard InChI is InChI=1S/C15H22N2S/c1-11(2)14-10-17-15(18-14)16-8-7-13-6-4-5-12(3)9-13/h4-6,9,11,14H,7-8,10H2,1-3H3,(H,16,17). The third-order valence-corrected chi connectivity index (χ3v) is 4.69. The van der Waals surface area contributed by atoms with Gasteiger partial charge in [-0.3, -0.25) is 4.99 Å². The minimum Gasteiger partial charge on any atom is -0.365 e. The lowest BCUT2D eigenvalue weighted by Gasteiger charge is -2.12. The van der Waals surface area contributed by atoms with Crippen LogP contribution in [0.15, 0.2) is 29.3 Å². The largest absolute Gasteiger partial charge is 0.365 e. The summed E-state index contributed by atoms with van der Waals surface area (Å²) in [6.07, 6.45) is 1.06. The second-order valence-corrected chi connectivity index (χ2v) is 6.44. The van der Waals surface area contributed by atoms with E-state index >= 15 is 0 Å². The molecular formula is C15H22N2S. The Bertz CT molecular complexity index is 426. The number of rotatable bonds is 4. The Balaban J connectivity index is 1.74. The van der Waals surface area contributed by atoms with Gasteiger partial charge in [0.15, 0.2) is 5.17 Å². The topological polar surface area (TPSA) is 24.4 Å².